The summed E-state index contributed by atoms with van der Waals surface area (Å²) in [6.07, 6.45) is 2.18. The number of hydrogen-bond acceptors (Lipinski definition) is 2. The lowest BCUT2D eigenvalue weighted by Crippen LogP contribution is -3.14. The van der Waals surface area contributed by atoms with Gasteiger partial charge in [0.15, 0.2) is 6.54 Å². The second kappa shape index (κ2) is 7.89. The molecule has 0 spiro atoms. The van der Waals surface area contributed by atoms with Gasteiger partial charge < -0.3 is 15.2 Å². The highest BCUT2D eigenvalue weighted by Gasteiger charge is 2.28. The maximum Gasteiger partial charge on any atom is 0.279 e. The van der Waals surface area contributed by atoms with Crippen LogP contribution >= 0.6 is 23.2 Å². The van der Waals surface area contributed by atoms with Gasteiger partial charge in [-0.1, -0.05) is 35.3 Å². The van der Waals surface area contributed by atoms with Crippen molar-refractivity contribution in [2.45, 2.75) is 18.8 Å². The Bertz CT molecular complexity index is 939. The number of anilines is 1. The molecule has 2 atom stereocenters. The minimum Gasteiger partial charge on any atom is -0.342 e. The zero-order valence-corrected chi connectivity index (χ0v) is 16.3. The molecule has 7 heteroatoms. The van der Waals surface area contributed by atoms with E-state index in [0.717, 1.165) is 42.8 Å². The first-order chi connectivity index (χ1) is 13.1. The number of benzene rings is 2. The van der Waals surface area contributed by atoms with Gasteiger partial charge in [-0.3, -0.25) is 4.79 Å². The average molecular weight is 404 g/mol. The molecule has 0 bridgehead atoms. The van der Waals surface area contributed by atoms with E-state index < -0.39 is 0 Å². The van der Waals surface area contributed by atoms with Gasteiger partial charge in [0.2, 0.25) is 0 Å². The molecule has 0 saturated carbocycles. The predicted octanol–water partition coefficient (Wildman–Crippen LogP) is 3.27. The molecular formula is C20H21Cl2N4O+. The van der Waals surface area contributed by atoms with Crippen molar-refractivity contribution in [1.82, 2.24) is 9.97 Å². The smallest absolute Gasteiger partial charge is 0.279 e. The normalized spacial score (nSPS) is 19.9. The molecule has 1 aliphatic heterocycles. The number of carbonyl (C=O) groups is 1. The third-order valence-corrected chi connectivity index (χ3v) is 5.77. The van der Waals surface area contributed by atoms with Crippen LogP contribution in [0.1, 0.15) is 24.6 Å². The molecule has 2 heterocycles. The molecule has 0 aliphatic carbocycles. The SMILES string of the molecule is O=C(C[NH+]1CCC[C@H](c2nc3ccccc3[nH]2)C1)Nc1ccc(Cl)c(Cl)c1. The van der Waals surface area contributed by atoms with Crippen molar-refractivity contribution in [3.8, 4) is 0 Å². The van der Waals surface area contributed by atoms with E-state index in [1.54, 1.807) is 18.2 Å². The van der Waals surface area contributed by atoms with Crippen LogP contribution in [-0.2, 0) is 4.79 Å². The summed E-state index contributed by atoms with van der Waals surface area (Å²) in [5.74, 6) is 1.35. The van der Waals surface area contributed by atoms with E-state index in [4.69, 9.17) is 28.2 Å². The molecule has 3 aromatic rings. The predicted molar refractivity (Wildman–Crippen MR) is 109 cm³/mol. The summed E-state index contributed by atoms with van der Waals surface area (Å²) in [5, 5.41) is 3.82. The van der Waals surface area contributed by atoms with Crippen LogP contribution in [0.5, 0.6) is 0 Å². The van der Waals surface area contributed by atoms with E-state index in [2.05, 4.69) is 10.3 Å². The number of carbonyl (C=O) groups excluding carboxylic acids is 1. The van der Waals surface area contributed by atoms with Crippen LogP contribution in [0.2, 0.25) is 10.0 Å². The summed E-state index contributed by atoms with van der Waals surface area (Å²) in [6.45, 7) is 2.32. The van der Waals surface area contributed by atoms with Crippen molar-refractivity contribution in [2.24, 2.45) is 0 Å². The van der Waals surface area contributed by atoms with Crippen LogP contribution in [0.25, 0.3) is 11.0 Å². The number of nitrogens with zero attached hydrogens (tertiary/aromatic N) is 1. The van der Waals surface area contributed by atoms with Crippen LogP contribution in [0.15, 0.2) is 42.5 Å². The van der Waals surface area contributed by atoms with E-state index in [1.807, 2.05) is 24.3 Å². The average Bonchev–Trinajstić information content (AvgIpc) is 3.09. The Morgan fingerprint density at radius 3 is 2.89 bits per heavy atom. The largest absolute Gasteiger partial charge is 0.342 e. The van der Waals surface area contributed by atoms with Crippen molar-refractivity contribution < 1.29 is 9.69 Å². The first kappa shape index (κ1) is 18.3. The van der Waals surface area contributed by atoms with Gasteiger partial charge in [0.1, 0.15) is 5.82 Å². The summed E-state index contributed by atoms with van der Waals surface area (Å²) in [5.41, 5.74) is 2.73. The highest BCUT2D eigenvalue weighted by Crippen LogP contribution is 2.25. The highest BCUT2D eigenvalue weighted by atomic mass is 35.5. The summed E-state index contributed by atoms with van der Waals surface area (Å²) < 4.78 is 0. The van der Waals surface area contributed by atoms with E-state index >= 15 is 0 Å². The van der Waals surface area contributed by atoms with E-state index in [1.165, 1.54) is 4.90 Å². The number of aromatic amines is 1. The quantitative estimate of drug-likeness (QED) is 0.625. The van der Waals surface area contributed by atoms with Crippen molar-refractivity contribution in [3.63, 3.8) is 0 Å². The lowest BCUT2D eigenvalue weighted by molar-refractivity contribution is -0.898. The van der Waals surface area contributed by atoms with Crippen molar-refractivity contribution in [2.75, 3.05) is 25.0 Å². The molecule has 1 amide bonds. The Hall–Kier alpha value is -2.08. The number of amides is 1. The topological polar surface area (TPSA) is 62.2 Å². The first-order valence-corrected chi connectivity index (χ1v) is 9.87. The maximum atomic E-state index is 12.4. The van der Waals surface area contributed by atoms with Gasteiger partial charge in [0.25, 0.3) is 5.91 Å². The maximum absolute atomic E-state index is 12.4. The van der Waals surface area contributed by atoms with Crippen LogP contribution in [-0.4, -0.2) is 35.5 Å². The molecule has 1 fully saturated rings. The van der Waals surface area contributed by atoms with Crippen LogP contribution in [0.3, 0.4) is 0 Å². The number of hydrogen-bond donors (Lipinski definition) is 3. The summed E-state index contributed by atoms with van der Waals surface area (Å²) in [4.78, 5) is 21.9. The lowest BCUT2D eigenvalue weighted by Gasteiger charge is -2.28. The molecule has 1 aromatic heterocycles. The Balaban J connectivity index is 1.39. The zero-order chi connectivity index (χ0) is 18.8. The molecule has 27 heavy (non-hydrogen) atoms. The molecule has 0 radical (unpaired) electrons. The molecule has 1 saturated heterocycles. The number of quaternary nitrogens is 1. The first-order valence-electron chi connectivity index (χ1n) is 9.11. The number of H-pyrrole nitrogens is 1. The van der Waals surface area contributed by atoms with Crippen molar-refractivity contribution >= 4 is 45.8 Å². The fraction of sp³-hybridized carbons (Fsp3) is 0.300. The van der Waals surface area contributed by atoms with Crippen LogP contribution in [0, 0.1) is 0 Å². The van der Waals surface area contributed by atoms with Crippen LogP contribution < -0.4 is 10.2 Å². The van der Waals surface area contributed by atoms with Crippen molar-refractivity contribution in [1.29, 1.82) is 0 Å². The lowest BCUT2D eigenvalue weighted by atomic mass is 9.97. The summed E-state index contributed by atoms with van der Waals surface area (Å²) in [6, 6.07) is 13.2. The monoisotopic (exact) mass is 403 g/mol. The number of fused-ring (bicyclic) bond motifs is 1. The number of imidazole rings is 1. The number of rotatable bonds is 4. The zero-order valence-electron chi connectivity index (χ0n) is 14.8. The number of halogens is 2. The third-order valence-electron chi connectivity index (χ3n) is 5.03. The van der Waals surface area contributed by atoms with E-state index in [9.17, 15) is 4.79 Å². The van der Waals surface area contributed by atoms with Gasteiger partial charge in [0.05, 0.1) is 40.1 Å². The molecule has 4 rings (SSSR count). The summed E-state index contributed by atoms with van der Waals surface area (Å²) >= 11 is 11.9. The molecule has 1 unspecified atom stereocenters. The molecule has 1 aliphatic rings. The Kier molecular flexibility index (Phi) is 5.34. The minimum absolute atomic E-state index is 0.0198. The van der Waals surface area contributed by atoms with Gasteiger partial charge in [-0.15, -0.1) is 0 Å². The summed E-state index contributed by atoms with van der Waals surface area (Å²) in [7, 11) is 0. The third kappa shape index (κ3) is 4.26. The van der Waals surface area contributed by atoms with E-state index in [-0.39, 0.29) is 5.91 Å². The highest BCUT2D eigenvalue weighted by molar-refractivity contribution is 6.42. The van der Waals surface area contributed by atoms with Gasteiger partial charge in [-0.05, 0) is 43.2 Å². The van der Waals surface area contributed by atoms with Crippen molar-refractivity contribution in [3.05, 3.63) is 58.3 Å². The Labute approximate surface area is 167 Å². The Morgan fingerprint density at radius 1 is 1.22 bits per heavy atom. The number of nitrogens with one attached hydrogen (secondary N) is 3. The molecular weight excluding hydrogens is 383 g/mol. The van der Waals surface area contributed by atoms with Gasteiger partial charge in [-0.2, -0.15) is 0 Å². The van der Waals surface area contributed by atoms with Gasteiger partial charge in [-0.25, -0.2) is 4.98 Å². The number of piperidine rings is 1. The number of para-hydroxylation sites is 2. The molecule has 5 nitrogen and oxygen atoms in total. The second-order valence-electron chi connectivity index (χ2n) is 7.04. The van der Waals surface area contributed by atoms with Gasteiger partial charge >= 0.3 is 0 Å². The van der Waals surface area contributed by atoms with Gasteiger partial charge in [0, 0.05) is 5.69 Å². The number of likely N-dealkylation sites (tertiary alicyclic amines) is 1. The standard InChI is InChI=1S/C20H20Cl2N4O/c21-15-8-7-14(10-16(15)22)23-19(27)12-26-9-3-4-13(11-26)20-24-17-5-1-2-6-18(17)25-20/h1-2,5-8,10,13H,3-4,9,11-12H2,(H,23,27)(H,24,25)/p+1/t13-/m0/s1. The Morgan fingerprint density at radius 2 is 2.07 bits per heavy atom. The molecule has 2 aromatic carbocycles. The minimum atomic E-state index is -0.0198. The van der Waals surface area contributed by atoms with E-state index in [0.29, 0.717) is 28.2 Å². The molecule has 140 valence electrons. The fourth-order valence-electron chi connectivity index (χ4n) is 3.72. The number of aromatic nitrogens is 2. The van der Waals surface area contributed by atoms with Crippen LogP contribution in [0.4, 0.5) is 5.69 Å². The molecule has 3 N–H and O–H groups in total. The fourth-order valence-corrected chi connectivity index (χ4v) is 4.02. The second-order valence-corrected chi connectivity index (χ2v) is 7.85.